The van der Waals surface area contributed by atoms with Crippen LogP contribution in [0.25, 0.3) is 0 Å². The van der Waals surface area contributed by atoms with Crippen LogP contribution >= 0.6 is 11.8 Å². The Hall–Kier alpha value is -1.48. The fourth-order valence-electron chi connectivity index (χ4n) is 0.865. The van der Waals surface area contributed by atoms with Crippen molar-refractivity contribution < 1.29 is 0 Å². The van der Waals surface area contributed by atoms with Crippen molar-refractivity contribution in [3.05, 3.63) is 6.07 Å². The van der Waals surface area contributed by atoms with E-state index in [1.54, 1.807) is 0 Å². The summed E-state index contributed by atoms with van der Waals surface area (Å²) in [6, 6.07) is 3.58. The third-order valence-corrected chi connectivity index (χ3v) is 2.39. The van der Waals surface area contributed by atoms with Crippen molar-refractivity contribution in [1.29, 1.82) is 5.26 Å². The van der Waals surface area contributed by atoms with Crippen LogP contribution < -0.4 is 11.5 Å². The predicted octanol–water partition coefficient (Wildman–Crippen LogP) is 1.04. The highest BCUT2D eigenvalue weighted by Crippen LogP contribution is 2.22. The van der Waals surface area contributed by atoms with Crippen molar-refractivity contribution in [3.63, 3.8) is 0 Å². The molecule has 0 fully saturated rings. The van der Waals surface area contributed by atoms with E-state index >= 15 is 0 Å². The van der Waals surface area contributed by atoms with E-state index < -0.39 is 0 Å². The molecule has 0 saturated heterocycles. The molecule has 6 heteroatoms. The van der Waals surface area contributed by atoms with Crippen molar-refractivity contribution in [1.82, 2.24) is 9.97 Å². The molecular weight excluding hydrogens is 198 g/mol. The molecule has 1 heterocycles. The molecule has 74 valence electrons. The maximum absolute atomic E-state index is 8.47. The van der Waals surface area contributed by atoms with Gasteiger partial charge in [0, 0.05) is 17.7 Å². The minimum atomic E-state index is 0.140. The minimum Gasteiger partial charge on any atom is -0.383 e. The Morgan fingerprint density at radius 2 is 2.07 bits per heavy atom. The molecular formula is C8H11N5S. The van der Waals surface area contributed by atoms with Gasteiger partial charge in [-0.3, -0.25) is 0 Å². The van der Waals surface area contributed by atoms with E-state index in [-0.39, 0.29) is 5.25 Å². The Morgan fingerprint density at radius 3 is 2.57 bits per heavy atom. The lowest BCUT2D eigenvalue weighted by Crippen LogP contribution is -2.02. The van der Waals surface area contributed by atoms with Crippen LogP contribution in [-0.2, 0) is 0 Å². The van der Waals surface area contributed by atoms with Crippen LogP contribution in [0.5, 0.6) is 0 Å². The van der Waals surface area contributed by atoms with Gasteiger partial charge < -0.3 is 11.5 Å². The maximum atomic E-state index is 8.47. The summed E-state index contributed by atoms with van der Waals surface area (Å²) in [4.78, 5) is 7.99. The van der Waals surface area contributed by atoms with Gasteiger partial charge in [-0.25, -0.2) is 9.97 Å². The lowest BCUT2D eigenvalue weighted by Gasteiger charge is -2.05. The van der Waals surface area contributed by atoms with Gasteiger partial charge in [-0.15, -0.1) is 0 Å². The summed E-state index contributed by atoms with van der Waals surface area (Å²) in [5.41, 5.74) is 11.0. The number of aromatic nitrogens is 2. The fourth-order valence-corrected chi connectivity index (χ4v) is 1.70. The molecule has 0 aliphatic heterocycles. The molecule has 0 radical (unpaired) electrons. The lowest BCUT2D eigenvalue weighted by molar-refractivity contribution is 0.941. The Kier molecular flexibility index (Phi) is 3.54. The highest BCUT2D eigenvalue weighted by molar-refractivity contribution is 7.99. The third-order valence-electron chi connectivity index (χ3n) is 1.43. The zero-order chi connectivity index (χ0) is 10.6. The molecule has 1 atom stereocenters. The summed E-state index contributed by atoms with van der Waals surface area (Å²) < 4.78 is 0. The summed E-state index contributed by atoms with van der Waals surface area (Å²) >= 11 is 1.39. The summed E-state index contributed by atoms with van der Waals surface area (Å²) in [5.74, 6) is 0.702. The van der Waals surface area contributed by atoms with Crippen LogP contribution in [0.2, 0.25) is 0 Å². The SMILES string of the molecule is CC(CC#N)Sc1nc(N)cc(N)n1. The number of hydrogen-bond donors (Lipinski definition) is 2. The van der Waals surface area contributed by atoms with Crippen molar-refractivity contribution in [2.45, 2.75) is 23.8 Å². The van der Waals surface area contributed by atoms with Gasteiger partial charge in [-0.05, 0) is 0 Å². The van der Waals surface area contributed by atoms with Crippen molar-refractivity contribution >= 4 is 23.4 Å². The lowest BCUT2D eigenvalue weighted by atomic mass is 10.4. The average Bonchev–Trinajstić information content (AvgIpc) is 2.01. The van der Waals surface area contributed by atoms with Gasteiger partial charge in [0.2, 0.25) is 0 Å². The zero-order valence-electron chi connectivity index (χ0n) is 7.77. The fraction of sp³-hybridized carbons (Fsp3) is 0.375. The molecule has 14 heavy (non-hydrogen) atoms. The Balaban J connectivity index is 2.72. The molecule has 0 aromatic carbocycles. The summed E-state index contributed by atoms with van der Waals surface area (Å²) in [7, 11) is 0. The van der Waals surface area contributed by atoms with Crippen LogP contribution in [-0.4, -0.2) is 15.2 Å². The first-order valence-electron chi connectivity index (χ1n) is 4.05. The number of hydrogen-bond acceptors (Lipinski definition) is 6. The maximum Gasteiger partial charge on any atom is 0.191 e. The average molecular weight is 209 g/mol. The van der Waals surface area contributed by atoms with Crippen molar-refractivity contribution in [2.24, 2.45) is 0 Å². The Morgan fingerprint density at radius 1 is 1.50 bits per heavy atom. The second-order valence-corrected chi connectivity index (χ2v) is 4.20. The van der Waals surface area contributed by atoms with E-state index in [0.29, 0.717) is 23.2 Å². The Labute approximate surface area is 86.5 Å². The van der Waals surface area contributed by atoms with Gasteiger partial charge in [0.25, 0.3) is 0 Å². The molecule has 0 aliphatic carbocycles. The molecule has 0 spiro atoms. The second-order valence-electron chi connectivity index (χ2n) is 2.79. The van der Waals surface area contributed by atoms with Gasteiger partial charge in [0.1, 0.15) is 11.6 Å². The zero-order valence-corrected chi connectivity index (χ0v) is 8.58. The highest BCUT2D eigenvalue weighted by atomic mass is 32.2. The van der Waals surface area contributed by atoms with E-state index in [1.165, 1.54) is 17.8 Å². The van der Waals surface area contributed by atoms with Crippen LogP contribution in [0, 0.1) is 11.3 Å². The largest absolute Gasteiger partial charge is 0.383 e. The number of nitrogen functional groups attached to an aromatic ring is 2. The van der Waals surface area contributed by atoms with Crippen LogP contribution in [0.1, 0.15) is 13.3 Å². The quantitative estimate of drug-likeness (QED) is 0.569. The number of rotatable bonds is 3. The highest BCUT2D eigenvalue weighted by Gasteiger charge is 2.07. The van der Waals surface area contributed by atoms with Crippen LogP contribution in [0.15, 0.2) is 11.2 Å². The molecule has 0 bridgehead atoms. The number of anilines is 2. The molecule has 1 unspecified atom stereocenters. The molecule has 1 rings (SSSR count). The van der Waals surface area contributed by atoms with Crippen LogP contribution in [0.4, 0.5) is 11.6 Å². The molecule has 0 saturated carbocycles. The molecule has 0 amide bonds. The van der Waals surface area contributed by atoms with E-state index in [4.69, 9.17) is 16.7 Å². The van der Waals surface area contributed by atoms with Gasteiger partial charge >= 0.3 is 0 Å². The van der Waals surface area contributed by atoms with Gasteiger partial charge in [-0.1, -0.05) is 18.7 Å². The second kappa shape index (κ2) is 4.67. The van der Waals surface area contributed by atoms with E-state index in [2.05, 4.69) is 16.0 Å². The monoisotopic (exact) mass is 209 g/mol. The molecule has 0 aliphatic rings. The molecule has 1 aromatic rings. The molecule has 5 nitrogen and oxygen atoms in total. The van der Waals surface area contributed by atoms with Crippen molar-refractivity contribution in [2.75, 3.05) is 11.5 Å². The molecule has 1 aromatic heterocycles. The number of thioether (sulfide) groups is 1. The Bertz CT molecular complexity index is 339. The summed E-state index contributed by atoms with van der Waals surface area (Å²) in [5, 5.41) is 9.13. The van der Waals surface area contributed by atoms with Crippen molar-refractivity contribution in [3.8, 4) is 6.07 Å². The van der Waals surface area contributed by atoms with Gasteiger partial charge in [-0.2, -0.15) is 5.26 Å². The topological polar surface area (TPSA) is 102 Å². The van der Waals surface area contributed by atoms with E-state index in [1.807, 2.05) is 6.92 Å². The van der Waals surface area contributed by atoms with E-state index in [9.17, 15) is 0 Å². The number of nitrogens with zero attached hydrogens (tertiary/aromatic N) is 3. The minimum absolute atomic E-state index is 0.140. The predicted molar refractivity (Wildman–Crippen MR) is 56.4 cm³/mol. The standard InChI is InChI=1S/C8H11N5S/c1-5(2-3-9)14-8-12-6(10)4-7(11)13-8/h4-5H,2H2,1H3,(H4,10,11,12,13). The van der Waals surface area contributed by atoms with E-state index in [0.717, 1.165) is 0 Å². The first-order valence-corrected chi connectivity index (χ1v) is 4.93. The van der Waals surface area contributed by atoms with Gasteiger partial charge in [0.05, 0.1) is 6.07 Å². The van der Waals surface area contributed by atoms with Crippen LogP contribution in [0.3, 0.4) is 0 Å². The van der Waals surface area contributed by atoms with Gasteiger partial charge in [0.15, 0.2) is 5.16 Å². The summed E-state index contributed by atoms with van der Waals surface area (Å²) in [6.45, 7) is 1.93. The molecule has 4 N–H and O–H groups in total. The summed E-state index contributed by atoms with van der Waals surface area (Å²) in [6.07, 6.45) is 0.447. The normalized spacial score (nSPS) is 12.0. The number of nitrogens with two attached hydrogens (primary N) is 2. The third kappa shape index (κ3) is 3.11. The smallest absolute Gasteiger partial charge is 0.191 e. The number of nitriles is 1. The first-order chi connectivity index (χ1) is 6.61. The first kappa shape index (κ1) is 10.6.